The lowest BCUT2D eigenvalue weighted by Crippen LogP contribution is -2.37. The topological polar surface area (TPSA) is 33.5 Å². The van der Waals surface area contributed by atoms with E-state index in [4.69, 9.17) is 4.42 Å². The van der Waals surface area contributed by atoms with Gasteiger partial charge in [-0.25, -0.2) is 4.39 Å². The Balaban J connectivity index is 1.63. The maximum atomic E-state index is 13.7. The maximum Gasteiger partial charge on any atom is 0.241 e. The lowest BCUT2D eigenvalue weighted by molar-refractivity contribution is -0.118. The minimum atomic E-state index is -0.364. The minimum Gasteiger partial charge on any atom is -0.467 e. The molecule has 0 saturated carbocycles. The number of amides is 1. The molecule has 126 valence electrons. The fourth-order valence-electron chi connectivity index (χ4n) is 2.99. The van der Waals surface area contributed by atoms with E-state index >= 15 is 0 Å². The highest BCUT2D eigenvalue weighted by atomic mass is 32.2. The van der Waals surface area contributed by atoms with Crippen molar-refractivity contribution in [2.75, 3.05) is 4.90 Å². The predicted octanol–water partition coefficient (Wildman–Crippen LogP) is 4.67. The minimum absolute atomic E-state index is 0.0387. The maximum absolute atomic E-state index is 13.7. The van der Waals surface area contributed by atoms with Crippen LogP contribution in [0.5, 0.6) is 0 Å². The molecule has 0 bridgehead atoms. The van der Waals surface area contributed by atoms with Gasteiger partial charge in [0.15, 0.2) is 0 Å². The summed E-state index contributed by atoms with van der Waals surface area (Å²) in [6.45, 7) is 0.280. The van der Waals surface area contributed by atoms with Crippen molar-refractivity contribution in [2.45, 2.75) is 23.1 Å². The van der Waals surface area contributed by atoms with E-state index in [1.807, 2.05) is 24.3 Å². The molecule has 1 aliphatic rings. The van der Waals surface area contributed by atoms with E-state index in [-0.39, 0.29) is 23.5 Å². The largest absolute Gasteiger partial charge is 0.467 e. The summed E-state index contributed by atoms with van der Waals surface area (Å²) >= 11 is 1.57. The van der Waals surface area contributed by atoms with Gasteiger partial charge in [0.1, 0.15) is 11.6 Å². The molecule has 2 heterocycles. The molecule has 0 unspecified atom stereocenters. The summed E-state index contributed by atoms with van der Waals surface area (Å²) in [5.41, 5.74) is 1.72. The molecule has 0 spiro atoms. The van der Waals surface area contributed by atoms with Crippen molar-refractivity contribution in [3.8, 4) is 0 Å². The monoisotopic (exact) mass is 353 g/mol. The van der Waals surface area contributed by atoms with Gasteiger partial charge < -0.3 is 9.32 Å². The number of benzene rings is 2. The van der Waals surface area contributed by atoms with Crippen molar-refractivity contribution in [3.05, 3.63) is 84.1 Å². The summed E-state index contributed by atoms with van der Waals surface area (Å²) in [6.07, 6.45) is 2.26. The first-order valence-electron chi connectivity index (χ1n) is 8.04. The molecule has 0 fully saturated rings. The average molecular weight is 353 g/mol. The average Bonchev–Trinajstić information content (AvgIpc) is 3.28. The highest BCUT2D eigenvalue weighted by Gasteiger charge is 2.32. The Morgan fingerprint density at radius 2 is 2.04 bits per heavy atom. The molecule has 0 N–H and O–H groups in total. The van der Waals surface area contributed by atoms with Gasteiger partial charge in [-0.15, -0.1) is 11.8 Å². The number of carbonyl (C=O) groups excluding carboxylic acids is 1. The SMILES string of the molecule is O=C([C@H]1Cc2ccccc2S1)N(Cc1ccco1)c1cccc(F)c1. The van der Waals surface area contributed by atoms with Crippen molar-refractivity contribution >= 4 is 23.4 Å². The second-order valence-corrected chi connectivity index (χ2v) is 7.15. The van der Waals surface area contributed by atoms with Crippen LogP contribution in [0.25, 0.3) is 0 Å². The summed E-state index contributed by atoms with van der Waals surface area (Å²) in [5.74, 6) is 0.262. The molecule has 1 aliphatic heterocycles. The third-order valence-electron chi connectivity index (χ3n) is 4.20. The van der Waals surface area contributed by atoms with Gasteiger partial charge in [0.2, 0.25) is 5.91 Å². The second-order valence-electron chi connectivity index (χ2n) is 5.90. The third kappa shape index (κ3) is 3.33. The van der Waals surface area contributed by atoms with Crippen molar-refractivity contribution in [2.24, 2.45) is 0 Å². The van der Waals surface area contributed by atoms with Gasteiger partial charge in [0.25, 0.3) is 0 Å². The fraction of sp³-hybridized carbons (Fsp3) is 0.150. The molecule has 2 aromatic carbocycles. The first-order valence-corrected chi connectivity index (χ1v) is 8.92. The number of halogens is 1. The number of nitrogens with zero attached hydrogens (tertiary/aromatic N) is 1. The van der Waals surface area contributed by atoms with Crippen LogP contribution in [0.1, 0.15) is 11.3 Å². The van der Waals surface area contributed by atoms with Crippen LogP contribution in [0.4, 0.5) is 10.1 Å². The summed E-state index contributed by atoms with van der Waals surface area (Å²) in [6, 6.07) is 17.8. The summed E-state index contributed by atoms with van der Waals surface area (Å²) < 4.78 is 19.1. The molecule has 1 aromatic heterocycles. The fourth-order valence-corrected chi connectivity index (χ4v) is 4.25. The molecule has 4 rings (SSSR count). The van der Waals surface area contributed by atoms with Crippen LogP contribution < -0.4 is 4.90 Å². The molecule has 25 heavy (non-hydrogen) atoms. The Hall–Kier alpha value is -2.53. The Morgan fingerprint density at radius 3 is 2.80 bits per heavy atom. The van der Waals surface area contributed by atoms with E-state index in [2.05, 4.69) is 6.07 Å². The summed E-state index contributed by atoms with van der Waals surface area (Å²) in [5, 5.41) is -0.212. The van der Waals surface area contributed by atoms with Crippen molar-refractivity contribution in [1.82, 2.24) is 0 Å². The third-order valence-corrected chi connectivity index (χ3v) is 5.51. The Bertz CT molecular complexity index is 869. The number of furan rings is 1. The zero-order chi connectivity index (χ0) is 17.2. The van der Waals surface area contributed by atoms with E-state index in [1.54, 1.807) is 41.1 Å². The quantitative estimate of drug-likeness (QED) is 0.683. The van der Waals surface area contributed by atoms with Crippen LogP contribution in [0, 0.1) is 5.82 Å². The standard InChI is InChI=1S/C20H16FNO2S/c21-15-6-3-7-16(12-15)22(13-17-8-4-10-24-17)20(23)19-11-14-5-1-2-9-18(14)25-19/h1-10,12,19H,11,13H2/t19-/m1/s1. The van der Waals surface area contributed by atoms with Gasteiger partial charge in [0.05, 0.1) is 18.1 Å². The molecule has 0 aliphatic carbocycles. The molecule has 0 radical (unpaired) electrons. The van der Waals surface area contributed by atoms with E-state index in [9.17, 15) is 9.18 Å². The number of carbonyl (C=O) groups is 1. The van der Waals surface area contributed by atoms with E-state index < -0.39 is 0 Å². The van der Waals surface area contributed by atoms with E-state index in [1.165, 1.54) is 17.7 Å². The molecule has 3 nitrogen and oxygen atoms in total. The first kappa shape index (κ1) is 16.0. The number of thioether (sulfide) groups is 1. The summed E-state index contributed by atoms with van der Waals surface area (Å²) in [7, 11) is 0. The summed E-state index contributed by atoms with van der Waals surface area (Å²) in [4.78, 5) is 15.9. The second kappa shape index (κ2) is 6.76. The molecule has 5 heteroatoms. The Kier molecular flexibility index (Phi) is 4.32. The Morgan fingerprint density at radius 1 is 1.16 bits per heavy atom. The zero-order valence-corrected chi connectivity index (χ0v) is 14.2. The van der Waals surface area contributed by atoms with Crippen LogP contribution in [-0.2, 0) is 17.8 Å². The molecule has 1 amide bonds. The number of anilines is 1. The molecule has 1 atom stereocenters. The highest BCUT2D eigenvalue weighted by molar-refractivity contribution is 8.01. The Labute approximate surface area is 149 Å². The van der Waals surface area contributed by atoms with Crippen molar-refractivity contribution < 1.29 is 13.6 Å². The van der Waals surface area contributed by atoms with Crippen molar-refractivity contribution in [3.63, 3.8) is 0 Å². The predicted molar refractivity (Wildman–Crippen MR) is 96.1 cm³/mol. The van der Waals surface area contributed by atoms with Crippen LogP contribution >= 0.6 is 11.8 Å². The van der Waals surface area contributed by atoms with Gasteiger partial charge in [-0.1, -0.05) is 24.3 Å². The van der Waals surface area contributed by atoms with Crippen LogP contribution in [0.2, 0.25) is 0 Å². The van der Waals surface area contributed by atoms with Gasteiger partial charge in [-0.3, -0.25) is 4.79 Å². The van der Waals surface area contributed by atoms with Crippen LogP contribution in [-0.4, -0.2) is 11.2 Å². The van der Waals surface area contributed by atoms with Crippen LogP contribution in [0.3, 0.4) is 0 Å². The van der Waals surface area contributed by atoms with Crippen molar-refractivity contribution in [1.29, 1.82) is 0 Å². The van der Waals surface area contributed by atoms with E-state index in [0.29, 0.717) is 17.9 Å². The van der Waals surface area contributed by atoms with Gasteiger partial charge >= 0.3 is 0 Å². The van der Waals surface area contributed by atoms with Crippen LogP contribution in [0.15, 0.2) is 76.2 Å². The smallest absolute Gasteiger partial charge is 0.241 e. The number of hydrogen-bond donors (Lipinski definition) is 0. The number of hydrogen-bond acceptors (Lipinski definition) is 3. The molecular weight excluding hydrogens is 337 g/mol. The molecular formula is C20H16FNO2S. The number of fused-ring (bicyclic) bond motifs is 1. The van der Waals surface area contributed by atoms with Gasteiger partial charge in [0, 0.05) is 10.6 Å². The normalized spacial score (nSPS) is 15.8. The number of rotatable bonds is 4. The molecule has 3 aromatic rings. The zero-order valence-electron chi connectivity index (χ0n) is 13.4. The van der Waals surface area contributed by atoms with E-state index in [0.717, 1.165) is 4.90 Å². The van der Waals surface area contributed by atoms with Gasteiger partial charge in [-0.05, 0) is 48.4 Å². The lowest BCUT2D eigenvalue weighted by atomic mass is 10.1. The lowest BCUT2D eigenvalue weighted by Gasteiger charge is -2.24. The van der Waals surface area contributed by atoms with Gasteiger partial charge in [-0.2, -0.15) is 0 Å². The molecule has 0 saturated heterocycles. The first-order chi connectivity index (χ1) is 12.2. The highest BCUT2D eigenvalue weighted by Crippen LogP contribution is 2.38.